The number of rotatable bonds is 4. The molecule has 0 saturated carbocycles. The second kappa shape index (κ2) is 4.65. The van der Waals surface area contributed by atoms with Crippen molar-refractivity contribution in [2.24, 2.45) is 0 Å². The lowest BCUT2D eigenvalue weighted by molar-refractivity contribution is 0.0698. The monoisotopic (exact) mass is 210 g/mol. The number of nitrogens with two attached hydrogens (primary N) is 1. The fourth-order valence-corrected chi connectivity index (χ4v) is 1.34. The maximum atomic E-state index is 10.8. The highest BCUT2D eigenvalue weighted by Crippen LogP contribution is 2.25. The molecule has 0 atom stereocenters. The number of para-hydroxylation sites is 1. The minimum atomic E-state index is -1.05. The van der Waals surface area contributed by atoms with Crippen molar-refractivity contribution >= 4 is 17.3 Å². The third-order valence-corrected chi connectivity index (χ3v) is 2.16. The fourth-order valence-electron chi connectivity index (χ4n) is 1.34. The third-order valence-electron chi connectivity index (χ3n) is 2.16. The predicted octanol–water partition coefficient (Wildman–Crippen LogP) is 0.395. The molecule has 82 valence electrons. The topological polar surface area (TPSA) is 86.8 Å². The normalized spacial score (nSPS) is 10.0. The molecule has 0 bridgehead atoms. The summed E-state index contributed by atoms with van der Waals surface area (Å²) in [6.45, 7) is 0.403. The molecule has 0 fully saturated rings. The first-order valence-corrected chi connectivity index (χ1v) is 4.51. The molecule has 0 heterocycles. The van der Waals surface area contributed by atoms with E-state index in [2.05, 4.69) is 0 Å². The lowest BCUT2D eigenvalue weighted by Gasteiger charge is -2.20. The van der Waals surface area contributed by atoms with Crippen molar-refractivity contribution in [3.05, 3.63) is 23.8 Å². The maximum Gasteiger partial charge on any atom is 0.337 e. The van der Waals surface area contributed by atoms with Gasteiger partial charge in [0.1, 0.15) is 0 Å². The van der Waals surface area contributed by atoms with Gasteiger partial charge in [0, 0.05) is 13.6 Å². The molecular weight excluding hydrogens is 196 g/mol. The molecule has 5 nitrogen and oxygen atoms in total. The Morgan fingerprint density at radius 2 is 2.20 bits per heavy atom. The molecule has 0 aliphatic rings. The standard InChI is InChI=1S/C10H14N2O3/c1-12(5-6-13)8-4-2-3-7(9(8)11)10(14)15/h2-4,13H,5-6,11H2,1H3,(H,14,15). The van der Waals surface area contributed by atoms with Crippen LogP contribution in [0.2, 0.25) is 0 Å². The summed E-state index contributed by atoms with van der Waals surface area (Å²) in [6, 6.07) is 4.80. The van der Waals surface area contributed by atoms with E-state index in [9.17, 15) is 4.79 Å². The molecule has 1 rings (SSSR count). The van der Waals surface area contributed by atoms with E-state index in [4.69, 9.17) is 15.9 Å². The van der Waals surface area contributed by atoms with Gasteiger partial charge in [-0.1, -0.05) is 6.07 Å². The SMILES string of the molecule is CN(CCO)c1cccc(C(=O)O)c1N. The minimum absolute atomic E-state index is 0.00671. The third kappa shape index (κ3) is 2.38. The zero-order valence-electron chi connectivity index (χ0n) is 8.47. The van der Waals surface area contributed by atoms with Gasteiger partial charge in [0.25, 0.3) is 0 Å². The average Bonchev–Trinajstić information content (AvgIpc) is 2.17. The van der Waals surface area contributed by atoms with Crippen molar-refractivity contribution in [2.45, 2.75) is 0 Å². The number of likely N-dealkylation sites (N-methyl/N-ethyl adjacent to an activating group) is 1. The van der Waals surface area contributed by atoms with Crippen LogP contribution in [0.15, 0.2) is 18.2 Å². The van der Waals surface area contributed by atoms with E-state index >= 15 is 0 Å². The van der Waals surface area contributed by atoms with Crippen LogP contribution in [0.5, 0.6) is 0 Å². The number of carboxylic acid groups (broad SMARTS) is 1. The highest BCUT2D eigenvalue weighted by molar-refractivity contribution is 5.97. The van der Waals surface area contributed by atoms with Gasteiger partial charge in [-0.3, -0.25) is 0 Å². The van der Waals surface area contributed by atoms with Crippen molar-refractivity contribution in [1.82, 2.24) is 0 Å². The van der Waals surface area contributed by atoms with Crippen LogP contribution in [-0.4, -0.2) is 36.4 Å². The second-order valence-electron chi connectivity index (χ2n) is 3.19. The number of anilines is 2. The van der Waals surface area contributed by atoms with Gasteiger partial charge in [0.15, 0.2) is 0 Å². The molecular formula is C10H14N2O3. The van der Waals surface area contributed by atoms with Crippen molar-refractivity contribution in [3.63, 3.8) is 0 Å². The number of hydrogen-bond donors (Lipinski definition) is 3. The molecule has 1 aromatic carbocycles. The molecule has 4 N–H and O–H groups in total. The smallest absolute Gasteiger partial charge is 0.337 e. The molecule has 0 radical (unpaired) electrons. The molecule has 0 saturated heterocycles. The van der Waals surface area contributed by atoms with E-state index in [0.717, 1.165) is 0 Å². The first-order chi connectivity index (χ1) is 7.07. The van der Waals surface area contributed by atoms with Crippen LogP contribution in [-0.2, 0) is 0 Å². The second-order valence-corrected chi connectivity index (χ2v) is 3.19. The van der Waals surface area contributed by atoms with Gasteiger partial charge >= 0.3 is 5.97 Å². The van der Waals surface area contributed by atoms with Gasteiger partial charge in [-0.25, -0.2) is 4.79 Å². The molecule has 0 aromatic heterocycles. The van der Waals surface area contributed by atoms with E-state index in [0.29, 0.717) is 12.2 Å². The number of nitrogen functional groups attached to an aromatic ring is 1. The predicted molar refractivity (Wildman–Crippen MR) is 58.2 cm³/mol. The number of nitrogens with zero attached hydrogens (tertiary/aromatic N) is 1. The lowest BCUT2D eigenvalue weighted by Crippen LogP contribution is -2.23. The summed E-state index contributed by atoms with van der Waals surface area (Å²) in [6.07, 6.45) is 0. The summed E-state index contributed by atoms with van der Waals surface area (Å²) in [7, 11) is 1.74. The number of aliphatic hydroxyl groups is 1. The van der Waals surface area contributed by atoms with Gasteiger partial charge in [0.2, 0.25) is 0 Å². The summed E-state index contributed by atoms with van der Waals surface area (Å²) in [5, 5.41) is 17.6. The summed E-state index contributed by atoms with van der Waals surface area (Å²) in [5.74, 6) is -1.05. The summed E-state index contributed by atoms with van der Waals surface area (Å²) < 4.78 is 0. The molecule has 15 heavy (non-hydrogen) atoms. The Morgan fingerprint density at radius 1 is 1.53 bits per heavy atom. The zero-order chi connectivity index (χ0) is 11.4. The molecule has 0 spiro atoms. The van der Waals surface area contributed by atoms with E-state index in [1.807, 2.05) is 0 Å². The Morgan fingerprint density at radius 3 is 2.73 bits per heavy atom. The first-order valence-electron chi connectivity index (χ1n) is 4.51. The summed E-state index contributed by atoms with van der Waals surface area (Å²) in [5.41, 5.74) is 6.63. The average molecular weight is 210 g/mol. The molecule has 0 amide bonds. The minimum Gasteiger partial charge on any atom is -0.478 e. The Hall–Kier alpha value is -1.75. The molecule has 0 aliphatic heterocycles. The van der Waals surface area contributed by atoms with Crippen molar-refractivity contribution < 1.29 is 15.0 Å². The van der Waals surface area contributed by atoms with Crippen LogP contribution < -0.4 is 10.6 Å². The molecule has 5 heteroatoms. The van der Waals surface area contributed by atoms with Gasteiger partial charge < -0.3 is 20.8 Å². The van der Waals surface area contributed by atoms with E-state index in [1.54, 1.807) is 24.1 Å². The quantitative estimate of drug-likeness (QED) is 0.626. The largest absolute Gasteiger partial charge is 0.478 e. The Labute approximate surface area is 87.7 Å². The van der Waals surface area contributed by atoms with Crippen molar-refractivity contribution in [2.75, 3.05) is 30.8 Å². The van der Waals surface area contributed by atoms with Crippen LogP contribution in [0.3, 0.4) is 0 Å². The van der Waals surface area contributed by atoms with Crippen molar-refractivity contribution in [3.8, 4) is 0 Å². The van der Waals surface area contributed by atoms with Crippen LogP contribution >= 0.6 is 0 Å². The van der Waals surface area contributed by atoms with Gasteiger partial charge in [-0.05, 0) is 12.1 Å². The maximum absolute atomic E-state index is 10.8. The number of benzene rings is 1. The number of aromatic carboxylic acids is 1. The van der Waals surface area contributed by atoms with E-state index in [1.165, 1.54) is 6.07 Å². The van der Waals surface area contributed by atoms with Gasteiger partial charge in [-0.2, -0.15) is 0 Å². The Kier molecular flexibility index (Phi) is 3.51. The van der Waals surface area contributed by atoms with E-state index < -0.39 is 5.97 Å². The van der Waals surface area contributed by atoms with Crippen LogP contribution in [0.1, 0.15) is 10.4 Å². The Balaban J connectivity index is 3.09. The van der Waals surface area contributed by atoms with Crippen molar-refractivity contribution in [1.29, 1.82) is 0 Å². The number of carbonyl (C=O) groups is 1. The first kappa shape index (κ1) is 11.3. The van der Waals surface area contributed by atoms with Crippen LogP contribution in [0, 0.1) is 0 Å². The Bertz CT molecular complexity index is 366. The fraction of sp³-hybridized carbons (Fsp3) is 0.300. The number of hydrogen-bond acceptors (Lipinski definition) is 4. The van der Waals surface area contributed by atoms with Crippen LogP contribution in [0.25, 0.3) is 0 Å². The summed E-state index contributed by atoms with van der Waals surface area (Å²) >= 11 is 0. The van der Waals surface area contributed by atoms with Gasteiger partial charge in [0.05, 0.1) is 23.5 Å². The highest BCUT2D eigenvalue weighted by atomic mass is 16.4. The number of aliphatic hydroxyl groups excluding tert-OH is 1. The van der Waals surface area contributed by atoms with Gasteiger partial charge in [-0.15, -0.1) is 0 Å². The molecule has 1 aromatic rings. The zero-order valence-corrected chi connectivity index (χ0v) is 8.47. The van der Waals surface area contributed by atoms with Crippen LogP contribution in [0.4, 0.5) is 11.4 Å². The van der Waals surface area contributed by atoms with E-state index in [-0.39, 0.29) is 17.9 Å². The molecule has 0 aliphatic carbocycles. The lowest BCUT2D eigenvalue weighted by atomic mass is 10.1. The highest BCUT2D eigenvalue weighted by Gasteiger charge is 2.12. The molecule has 0 unspecified atom stereocenters. The number of carboxylic acids is 1. The summed E-state index contributed by atoms with van der Waals surface area (Å²) in [4.78, 5) is 12.5.